The largest absolute Gasteiger partial charge is 0.497 e. The van der Waals surface area contributed by atoms with Crippen LogP contribution < -0.4 is 4.74 Å². The maximum Gasteiger partial charge on any atom is 0.119 e. The van der Waals surface area contributed by atoms with E-state index in [9.17, 15) is 5.11 Å². The molecule has 18 heavy (non-hydrogen) atoms. The minimum absolute atomic E-state index is 0.351. The van der Waals surface area contributed by atoms with Gasteiger partial charge in [-0.05, 0) is 30.8 Å². The Hall–Kier alpha value is -0.620. The summed E-state index contributed by atoms with van der Waals surface area (Å²) < 4.78 is 11.1. The summed E-state index contributed by atoms with van der Waals surface area (Å²) in [5, 5.41) is 9.66. The lowest BCUT2D eigenvalue weighted by molar-refractivity contribution is 0.0418. The molecule has 0 amide bonds. The highest BCUT2D eigenvalue weighted by atomic mass is 79.9. The molecule has 1 rings (SSSR count). The Kier molecular flexibility index (Phi) is 6.63. The summed E-state index contributed by atoms with van der Waals surface area (Å²) >= 11 is 3.52. The summed E-state index contributed by atoms with van der Waals surface area (Å²) in [7, 11) is 5.20. The van der Waals surface area contributed by atoms with Crippen LogP contribution >= 0.6 is 15.9 Å². The van der Waals surface area contributed by atoms with Crippen molar-refractivity contribution in [1.29, 1.82) is 0 Å². The van der Waals surface area contributed by atoms with Crippen molar-refractivity contribution in [2.45, 2.75) is 12.6 Å². The number of aliphatic hydroxyl groups excluding tert-OH is 1. The van der Waals surface area contributed by atoms with Crippen LogP contribution in [0.4, 0.5) is 0 Å². The zero-order valence-corrected chi connectivity index (χ0v) is 12.6. The molecule has 1 aromatic rings. The number of ether oxygens (including phenoxy) is 2. The molecular weight excluding hydrogens is 298 g/mol. The third-order valence-electron chi connectivity index (χ3n) is 2.57. The molecule has 0 saturated heterocycles. The number of likely N-dealkylation sites (N-methyl/N-ethyl adjacent to an activating group) is 1. The second kappa shape index (κ2) is 7.74. The molecule has 0 aliphatic heterocycles. The third kappa shape index (κ3) is 4.94. The van der Waals surface area contributed by atoms with Gasteiger partial charge in [0.25, 0.3) is 0 Å². The average Bonchev–Trinajstić information content (AvgIpc) is 2.32. The van der Waals surface area contributed by atoms with Crippen LogP contribution in [0.5, 0.6) is 5.75 Å². The van der Waals surface area contributed by atoms with E-state index in [1.807, 2.05) is 30.1 Å². The fraction of sp³-hybridized carbons (Fsp3) is 0.538. The molecule has 102 valence electrons. The lowest BCUT2D eigenvalue weighted by atomic mass is 10.2. The van der Waals surface area contributed by atoms with Gasteiger partial charge in [-0.2, -0.15) is 0 Å². The smallest absolute Gasteiger partial charge is 0.119 e. The average molecular weight is 318 g/mol. The number of methoxy groups -OCH3 is 2. The van der Waals surface area contributed by atoms with Crippen molar-refractivity contribution in [1.82, 2.24) is 4.90 Å². The molecule has 0 aromatic heterocycles. The van der Waals surface area contributed by atoms with E-state index in [-0.39, 0.29) is 0 Å². The molecular formula is C13H20BrNO3. The first-order valence-corrected chi connectivity index (χ1v) is 6.54. The van der Waals surface area contributed by atoms with Crippen LogP contribution in [0.3, 0.4) is 0 Å². The molecule has 0 saturated carbocycles. The first kappa shape index (κ1) is 15.4. The number of halogens is 1. The molecule has 0 aliphatic rings. The number of aliphatic hydroxyl groups is 1. The van der Waals surface area contributed by atoms with Crippen molar-refractivity contribution in [3.63, 3.8) is 0 Å². The number of hydrogen-bond acceptors (Lipinski definition) is 4. The van der Waals surface area contributed by atoms with Gasteiger partial charge < -0.3 is 14.6 Å². The fourth-order valence-corrected chi connectivity index (χ4v) is 2.13. The van der Waals surface area contributed by atoms with Crippen LogP contribution in [0.1, 0.15) is 5.56 Å². The van der Waals surface area contributed by atoms with E-state index < -0.39 is 6.10 Å². The first-order valence-electron chi connectivity index (χ1n) is 5.74. The molecule has 1 aromatic carbocycles. The monoisotopic (exact) mass is 317 g/mol. The van der Waals surface area contributed by atoms with Crippen molar-refractivity contribution in [3.8, 4) is 5.75 Å². The summed E-state index contributed by atoms with van der Waals surface area (Å²) in [4.78, 5) is 2.04. The van der Waals surface area contributed by atoms with Gasteiger partial charge in [0.05, 0.1) is 19.8 Å². The van der Waals surface area contributed by atoms with Crippen LogP contribution in [-0.4, -0.2) is 50.5 Å². The van der Waals surface area contributed by atoms with Gasteiger partial charge in [-0.1, -0.05) is 15.9 Å². The molecule has 1 atom stereocenters. The van der Waals surface area contributed by atoms with Gasteiger partial charge >= 0.3 is 0 Å². The molecule has 1 unspecified atom stereocenters. The van der Waals surface area contributed by atoms with E-state index in [1.54, 1.807) is 14.2 Å². The molecule has 4 nitrogen and oxygen atoms in total. The van der Waals surface area contributed by atoms with E-state index in [0.29, 0.717) is 13.2 Å². The van der Waals surface area contributed by atoms with Crippen LogP contribution in [0, 0.1) is 0 Å². The van der Waals surface area contributed by atoms with Gasteiger partial charge in [-0.3, -0.25) is 4.90 Å². The van der Waals surface area contributed by atoms with E-state index in [0.717, 1.165) is 22.3 Å². The van der Waals surface area contributed by atoms with E-state index >= 15 is 0 Å². The summed E-state index contributed by atoms with van der Waals surface area (Å²) in [6.45, 7) is 1.65. The Morgan fingerprint density at radius 3 is 2.72 bits per heavy atom. The molecule has 0 aliphatic carbocycles. The predicted molar refractivity (Wildman–Crippen MR) is 74.9 cm³/mol. The lowest BCUT2D eigenvalue weighted by Gasteiger charge is -2.21. The molecule has 0 fully saturated rings. The maximum atomic E-state index is 9.66. The number of hydrogen-bond donors (Lipinski definition) is 1. The molecule has 0 radical (unpaired) electrons. The van der Waals surface area contributed by atoms with Gasteiger partial charge in [-0.15, -0.1) is 0 Å². The summed E-state index contributed by atoms with van der Waals surface area (Å²) in [6.07, 6.45) is -0.468. The standard InChI is InChI=1S/C13H20BrNO3/c1-15(8-11(16)9-17-2)7-10-6-12(18-3)4-5-13(10)14/h4-6,11,16H,7-9H2,1-3H3. The summed E-state index contributed by atoms with van der Waals surface area (Å²) in [5.74, 6) is 0.832. The van der Waals surface area contributed by atoms with Crippen LogP contribution in [0.25, 0.3) is 0 Å². The first-order chi connectivity index (χ1) is 8.56. The SMILES string of the molecule is COCC(O)CN(C)Cc1cc(OC)ccc1Br. The fourth-order valence-electron chi connectivity index (χ4n) is 1.76. The quantitative estimate of drug-likeness (QED) is 0.834. The Labute approximate surface area is 117 Å². The Bertz CT molecular complexity index is 373. The molecule has 5 heteroatoms. The Morgan fingerprint density at radius 1 is 1.39 bits per heavy atom. The van der Waals surface area contributed by atoms with Crippen LogP contribution in [-0.2, 0) is 11.3 Å². The van der Waals surface area contributed by atoms with Crippen molar-refractivity contribution in [2.75, 3.05) is 34.4 Å². The minimum atomic E-state index is -0.468. The highest BCUT2D eigenvalue weighted by molar-refractivity contribution is 9.10. The number of benzene rings is 1. The van der Waals surface area contributed by atoms with Crippen LogP contribution in [0.15, 0.2) is 22.7 Å². The lowest BCUT2D eigenvalue weighted by Crippen LogP contribution is -2.31. The van der Waals surface area contributed by atoms with Crippen molar-refractivity contribution in [3.05, 3.63) is 28.2 Å². The Morgan fingerprint density at radius 2 is 2.11 bits per heavy atom. The highest BCUT2D eigenvalue weighted by Gasteiger charge is 2.10. The zero-order valence-electron chi connectivity index (χ0n) is 11.0. The zero-order chi connectivity index (χ0) is 13.5. The summed E-state index contributed by atoms with van der Waals surface area (Å²) in [6, 6.07) is 5.87. The molecule has 0 heterocycles. The van der Waals surface area contributed by atoms with Crippen LogP contribution in [0.2, 0.25) is 0 Å². The third-order valence-corrected chi connectivity index (χ3v) is 3.35. The van der Waals surface area contributed by atoms with Gasteiger partial charge in [0.1, 0.15) is 5.75 Å². The predicted octanol–water partition coefficient (Wildman–Crippen LogP) is 1.90. The van der Waals surface area contributed by atoms with E-state index in [4.69, 9.17) is 9.47 Å². The second-order valence-corrected chi connectivity index (χ2v) is 5.12. The number of nitrogens with zero attached hydrogens (tertiary/aromatic N) is 1. The van der Waals surface area contributed by atoms with Gasteiger partial charge in [-0.25, -0.2) is 0 Å². The van der Waals surface area contributed by atoms with Crippen molar-refractivity contribution < 1.29 is 14.6 Å². The van der Waals surface area contributed by atoms with E-state index in [2.05, 4.69) is 15.9 Å². The highest BCUT2D eigenvalue weighted by Crippen LogP contribution is 2.23. The molecule has 0 bridgehead atoms. The topological polar surface area (TPSA) is 41.9 Å². The van der Waals surface area contributed by atoms with Crippen molar-refractivity contribution in [2.24, 2.45) is 0 Å². The van der Waals surface area contributed by atoms with Gasteiger partial charge in [0.2, 0.25) is 0 Å². The minimum Gasteiger partial charge on any atom is -0.497 e. The second-order valence-electron chi connectivity index (χ2n) is 4.26. The molecule has 0 spiro atoms. The van der Waals surface area contributed by atoms with Gasteiger partial charge in [0.15, 0.2) is 0 Å². The van der Waals surface area contributed by atoms with Crippen molar-refractivity contribution >= 4 is 15.9 Å². The van der Waals surface area contributed by atoms with Gasteiger partial charge in [0, 0.05) is 24.7 Å². The maximum absolute atomic E-state index is 9.66. The summed E-state index contributed by atoms with van der Waals surface area (Å²) in [5.41, 5.74) is 1.13. The Balaban J connectivity index is 2.60. The normalized spacial score (nSPS) is 12.8. The van der Waals surface area contributed by atoms with E-state index in [1.165, 1.54) is 0 Å². The molecule has 1 N–H and O–H groups in total. The number of rotatable bonds is 7.